The van der Waals surface area contributed by atoms with Crippen LogP contribution in [0.15, 0.2) is 42.5 Å². The molecule has 0 aromatic heterocycles. The SMILES string of the molecule is Cc1ccc(C(=O)NC2c3ccccc3CC2C(=O)O)cc1F. The summed E-state index contributed by atoms with van der Waals surface area (Å²) in [5.41, 5.74) is 2.36. The quantitative estimate of drug-likeness (QED) is 0.915. The molecule has 2 N–H and O–H groups in total. The Morgan fingerprint density at radius 2 is 1.96 bits per heavy atom. The topological polar surface area (TPSA) is 66.4 Å². The van der Waals surface area contributed by atoms with Gasteiger partial charge in [0.25, 0.3) is 5.91 Å². The predicted octanol–water partition coefficient (Wildman–Crippen LogP) is 2.86. The molecule has 1 amide bonds. The molecule has 1 aliphatic carbocycles. The first-order chi connectivity index (χ1) is 11.0. The van der Waals surface area contributed by atoms with E-state index >= 15 is 0 Å². The van der Waals surface area contributed by atoms with Crippen molar-refractivity contribution in [1.82, 2.24) is 5.32 Å². The van der Waals surface area contributed by atoms with E-state index in [0.717, 1.165) is 11.1 Å². The van der Waals surface area contributed by atoms with Crippen LogP contribution in [0.5, 0.6) is 0 Å². The van der Waals surface area contributed by atoms with Gasteiger partial charge in [0, 0.05) is 5.56 Å². The number of amides is 1. The third-order valence-corrected chi connectivity index (χ3v) is 4.27. The summed E-state index contributed by atoms with van der Waals surface area (Å²) in [5.74, 6) is -2.61. The van der Waals surface area contributed by atoms with Gasteiger partial charge in [0.05, 0.1) is 12.0 Å². The van der Waals surface area contributed by atoms with E-state index in [-0.39, 0.29) is 5.56 Å². The zero-order valence-corrected chi connectivity index (χ0v) is 12.5. The second-order valence-electron chi connectivity index (χ2n) is 5.76. The van der Waals surface area contributed by atoms with Crippen molar-refractivity contribution in [1.29, 1.82) is 0 Å². The second kappa shape index (κ2) is 5.83. The Labute approximate surface area is 133 Å². The fourth-order valence-electron chi connectivity index (χ4n) is 2.96. The average Bonchev–Trinajstić information content (AvgIpc) is 2.89. The van der Waals surface area contributed by atoms with Crippen molar-refractivity contribution in [2.24, 2.45) is 5.92 Å². The summed E-state index contributed by atoms with van der Waals surface area (Å²) in [6, 6.07) is 11.0. The Hall–Kier alpha value is -2.69. The maximum Gasteiger partial charge on any atom is 0.309 e. The van der Waals surface area contributed by atoms with Crippen LogP contribution in [0.4, 0.5) is 4.39 Å². The van der Waals surface area contributed by atoms with E-state index < -0.39 is 29.7 Å². The van der Waals surface area contributed by atoms with Gasteiger partial charge in [0.2, 0.25) is 0 Å². The van der Waals surface area contributed by atoms with Gasteiger partial charge in [-0.05, 0) is 42.2 Å². The van der Waals surface area contributed by atoms with E-state index in [2.05, 4.69) is 5.32 Å². The molecule has 118 valence electrons. The number of carbonyl (C=O) groups excluding carboxylic acids is 1. The minimum Gasteiger partial charge on any atom is -0.481 e. The molecule has 0 aliphatic heterocycles. The van der Waals surface area contributed by atoms with Crippen LogP contribution in [0.3, 0.4) is 0 Å². The van der Waals surface area contributed by atoms with Gasteiger partial charge in [-0.2, -0.15) is 0 Å². The summed E-state index contributed by atoms with van der Waals surface area (Å²) in [6.07, 6.45) is 0.374. The van der Waals surface area contributed by atoms with Crippen molar-refractivity contribution >= 4 is 11.9 Å². The Morgan fingerprint density at radius 3 is 2.65 bits per heavy atom. The lowest BCUT2D eigenvalue weighted by Crippen LogP contribution is -2.34. The molecule has 23 heavy (non-hydrogen) atoms. The van der Waals surface area contributed by atoms with Gasteiger partial charge in [0.1, 0.15) is 5.82 Å². The number of carboxylic acid groups (broad SMARTS) is 1. The molecule has 2 unspecified atom stereocenters. The van der Waals surface area contributed by atoms with E-state index in [1.807, 2.05) is 24.3 Å². The monoisotopic (exact) mass is 313 g/mol. The van der Waals surface area contributed by atoms with E-state index in [0.29, 0.717) is 12.0 Å². The normalized spacial score (nSPS) is 19.2. The molecular formula is C18H16FNO3. The van der Waals surface area contributed by atoms with Crippen LogP contribution < -0.4 is 5.32 Å². The molecule has 0 heterocycles. The largest absolute Gasteiger partial charge is 0.481 e. The molecule has 0 radical (unpaired) electrons. The second-order valence-corrected chi connectivity index (χ2v) is 5.76. The number of aliphatic carboxylic acids is 1. The van der Waals surface area contributed by atoms with Gasteiger partial charge in [-0.1, -0.05) is 30.3 Å². The van der Waals surface area contributed by atoms with Gasteiger partial charge in [-0.3, -0.25) is 9.59 Å². The van der Waals surface area contributed by atoms with Crippen molar-refractivity contribution in [3.63, 3.8) is 0 Å². The third-order valence-electron chi connectivity index (χ3n) is 4.27. The van der Waals surface area contributed by atoms with Crippen molar-refractivity contribution in [2.75, 3.05) is 0 Å². The summed E-state index contributed by atoms with van der Waals surface area (Å²) in [6.45, 7) is 1.62. The number of benzene rings is 2. The minimum absolute atomic E-state index is 0.182. The first-order valence-corrected chi connectivity index (χ1v) is 7.35. The van der Waals surface area contributed by atoms with Crippen LogP contribution in [0.1, 0.15) is 33.1 Å². The van der Waals surface area contributed by atoms with E-state index in [9.17, 15) is 19.1 Å². The van der Waals surface area contributed by atoms with Gasteiger partial charge in [0.15, 0.2) is 0 Å². The third kappa shape index (κ3) is 2.82. The molecule has 2 atom stereocenters. The molecular weight excluding hydrogens is 297 g/mol. The Balaban J connectivity index is 1.89. The maximum absolute atomic E-state index is 13.6. The number of halogens is 1. The van der Waals surface area contributed by atoms with Crippen LogP contribution in [0.2, 0.25) is 0 Å². The smallest absolute Gasteiger partial charge is 0.309 e. The van der Waals surface area contributed by atoms with Crippen molar-refractivity contribution in [3.8, 4) is 0 Å². The fraction of sp³-hybridized carbons (Fsp3) is 0.222. The highest BCUT2D eigenvalue weighted by molar-refractivity contribution is 5.95. The molecule has 2 aromatic rings. The number of fused-ring (bicyclic) bond motifs is 1. The highest BCUT2D eigenvalue weighted by Crippen LogP contribution is 2.36. The standard InChI is InChI=1S/C18H16FNO3/c1-10-6-7-12(9-15(10)19)17(21)20-16-13-5-3-2-4-11(13)8-14(16)18(22)23/h2-7,9,14,16H,8H2,1H3,(H,20,21)(H,22,23). The van der Waals surface area contributed by atoms with Crippen molar-refractivity contribution in [3.05, 3.63) is 70.5 Å². The first-order valence-electron chi connectivity index (χ1n) is 7.35. The Kier molecular flexibility index (Phi) is 3.86. The molecule has 1 aliphatic rings. The summed E-state index contributed by atoms with van der Waals surface area (Å²) < 4.78 is 13.6. The summed E-state index contributed by atoms with van der Waals surface area (Å²) in [7, 11) is 0. The van der Waals surface area contributed by atoms with Crippen LogP contribution in [-0.4, -0.2) is 17.0 Å². The van der Waals surface area contributed by atoms with Crippen LogP contribution in [0, 0.1) is 18.7 Å². The number of hydrogen-bond donors (Lipinski definition) is 2. The Bertz CT molecular complexity index is 788. The number of hydrogen-bond acceptors (Lipinski definition) is 2. The first kappa shape index (κ1) is 15.2. The fourth-order valence-corrected chi connectivity index (χ4v) is 2.96. The van der Waals surface area contributed by atoms with Gasteiger partial charge < -0.3 is 10.4 Å². The highest BCUT2D eigenvalue weighted by atomic mass is 19.1. The molecule has 2 aromatic carbocycles. The van der Waals surface area contributed by atoms with Crippen LogP contribution in [-0.2, 0) is 11.2 Å². The lowest BCUT2D eigenvalue weighted by molar-refractivity contribution is -0.142. The number of carbonyl (C=O) groups is 2. The zero-order chi connectivity index (χ0) is 16.6. The molecule has 0 bridgehead atoms. The average molecular weight is 313 g/mol. The van der Waals surface area contributed by atoms with Gasteiger partial charge >= 0.3 is 5.97 Å². The maximum atomic E-state index is 13.6. The summed E-state index contributed by atoms with van der Waals surface area (Å²) >= 11 is 0. The molecule has 3 rings (SSSR count). The summed E-state index contributed by atoms with van der Waals surface area (Å²) in [4.78, 5) is 23.9. The highest BCUT2D eigenvalue weighted by Gasteiger charge is 2.38. The van der Waals surface area contributed by atoms with Crippen molar-refractivity contribution < 1.29 is 19.1 Å². The van der Waals surface area contributed by atoms with Crippen LogP contribution in [0.25, 0.3) is 0 Å². The van der Waals surface area contributed by atoms with Gasteiger partial charge in [-0.25, -0.2) is 4.39 Å². The van der Waals surface area contributed by atoms with Gasteiger partial charge in [-0.15, -0.1) is 0 Å². The zero-order valence-electron chi connectivity index (χ0n) is 12.5. The number of aryl methyl sites for hydroxylation is 1. The predicted molar refractivity (Wildman–Crippen MR) is 82.6 cm³/mol. The number of rotatable bonds is 3. The molecule has 0 fully saturated rings. The van der Waals surface area contributed by atoms with E-state index in [1.54, 1.807) is 6.92 Å². The minimum atomic E-state index is -0.957. The molecule has 0 saturated heterocycles. The Morgan fingerprint density at radius 1 is 1.22 bits per heavy atom. The molecule has 4 nitrogen and oxygen atoms in total. The molecule has 0 spiro atoms. The lowest BCUT2D eigenvalue weighted by Gasteiger charge is -2.19. The number of nitrogens with one attached hydrogen (secondary N) is 1. The molecule has 0 saturated carbocycles. The number of carboxylic acids is 1. The van der Waals surface area contributed by atoms with E-state index in [1.165, 1.54) is 18.2 Å². The molecule has 5 heteroatoms. The lowest BCUT2D eigenvalue weighted by atomic mass is 10.00. The van der Waals surface area contributed by atoms with Crippen LogP contribution >= 0.6 is 0 Å². The summed E-state index contributed by atoms with van der Waals surface area (Å²) in [5, 5.41) is 12.2. The van der Waals surface area contributed by atoms with E-state index in [4.69, 9.17) is 0 Å². The van der Waals surface area contributed by atoms with Crippen molar-refractivity contribution in [2.45, 2.75) is 19.4 Å².